The lowest BCUT2D eigenvalue weighted by Crippen LogP contribution is -2.58. The van der Waals surface area contributed by atoms with E-state index >= 15 is 0 Å². The summed E-state index contributed by atoms with van der Waals surface area (Å²) in [5.41, 5.74) is 1.28. The molecule has 210 valence electrons. The van der Waals surface area contributed by atoms with Crippen molar-refractivity contribution < 1.29 is 28.6 Å². The maximum atomic E-state index is 13.0. The highest BCUT2D eigenvalue weighted by atomic mass is 16.5. The molecular formula is C28H37N5O6. The Morgan fingerprint density at radius 1 is 1.23 bits per heavy atom. The maximum Gasteiger partial charge on any atom is 0.252 e. The van der Waals surface area contributed by atoms with Gasteiger partial charge in [0.25, 0.3) is 5.91 Å². The number of carbonyl (C=O) groups excluding carboxylic acids is 3. The molecule has 0 spiro atoms. The molecule has 4 bridgehead atoms. The fourth-order valence-electron chi connectivity index (χ4n) is 4.62. The van der Waals surface area contributed by atoms with Gasteiger partial charge in [0.05, 0.1) is 43.7 Å². The lowest BCUT2D eigenvalue weighted by atomic mass is 10.0. The third kappa shape index (κ3) is 8.47. The summed E-state index contributed by atoms with van der Waals surface area (Å²) in [5, 5.41) is 5.91. The highest BCUT2D eigenvalue weighted by Gasteiger charge is 2.33. The predicted octanol–water partition coefficient (Wildman–Crippen LogP) is 1.58. The third-order valence-corrected chi connectivity index (χ3v) is 6.77. The largest absolute Gasteiger partial charge is 0.456 e. The standard InChI is InChI=1S/C28H37N5O6/c1-32(11-12-37-2)18-27(35)33-10-8-25-24(17-33)31-26(34)7-4-9-30-28(36)21-14-23(16-29-15-21)39-22-6-3-5-20(13-22)19-38-25/h3,5-6,13-16,24-25H,4,7-12,17-19H2,1-2H3,(H,30,36)(H,31,34)/t24-,25-/m0/s1. The Kier molecular flexibility index (Phi) is 10.2. The molecular weight excluding hydrogens is 502 g/mol. The summed E-state index contributed by atoms with van der Waals surface area (Å²) in [4.78, 5) is 46.2. The number of likely N-dealkylation sites (tertiary alicyclic amines) is 1. The minimum atomic E-state index is -0.349. The fraction of sp³-hybridized carbons (Fsp3) is 0.500. The zero-order valence-corrected chi connectivity index (χ0v) is 22.6. The molecule has 3 amide bonds. The monoisotopic (exact) mass is 539 g/mol. The molecule has 0 saturated carbocycles. The number of hydrogen-bond donors (Lipinski definition) is 2. The van der Waals surface area contributed by atoms with Crippen LogP contribution in [0.5, 0.6) is 11.5 Å². The average molecular weight is 540 g/mol. The van der Waals surface area contributed by atoms with E-state index in [1.807, 2.05) is 36.2 Å². The van der Waals surface area contributed by atoms with Gasteiger partial charge in [-0.3, -0.25) is 24.3 Å². The number of carbonyl (C=O) groups is 3. The number of pyridine rings is 1. The van der Waals surface area contributed by atoms with Crippen LogP contribution in [-0.4, -0.2) is 98.1 Å². The molecule has 3 heterocycles. The van der Waals surface area contributed by atoms with Crippen LogP contribution in [0.25, 0.3) is 0 Å². The summed E-state index contributed by atoms with van der Waals surface area (Å²) in [6.07, 6.45) is 4.08. The second-order valence-electron chi connectivity index (χ2n) is 9.90. The van der Waals surface area contributed by atoms with E-state index in [4.69, 9.17) is 14.2 Å². The van der Waals surface area contributed by atoms with Gasteiger partial charge in [0.2, 0.25) is 11.8 Å². The summed E-state index contributed by atoms with van der Waals surface area (Å²) in [5.74, 6) is 0.625. The van der Waals surface area contributed by atoms with Crippen molar-refractivity contribution in [3.05, 3.63) is 53.9 Å². The first-order chi connectivity index (χ1) is 18.9. The number of aromatic nitrogens is 1. The normalized spacial score (nSPS) is 20.6. The van der Waals surface area contributed by atoms with Crippen LogP contribution in [0.3, 0.4) is 0 Å². The molecule has 1 aromatic heterocycles. The van der Waals surface area contributed by atoms with Gasteiger partial charge in [-0.15, -0.1) is 0 Å². The van der Waals surface area contributed by atoms with Crippen LogP contribution in [0.4, 0.5) is 0 Å². The predicted molar refractivity (Wildman–Crippen MR) is 143 cm³/mol. The number of amides is 3. The molecule has 1 fully saturated rings. The molecule has 2 aliphatic rings. The van der Waals surface area contributed by atoms with Gasteiger partial charge in [-0.1, -0.05) is 12.1 Å². The van der Waals surface area contributed by atoms with Crippen LogP contribution < -0.4 is 15.4 Å². The highest BCUT2D eigenvalue weighted by molar-refractivity contribution is 5.94. The lowest BCUT2D eigenvalue weighted by Gasteiger charge is -2.39. The van der Waals surface area contributed by atoms with Gasteiger partial charge in [-0.2, -0.15) is 0 Å². The Labute approximate surface area is 228 Å². The van der Waals surface area contributed by atoms with Crippen LogP contribution in [0.15, 0.2) is 42.7 Å². The van der Waals surface area contributed by atoms with E-state index in [1.165, 1.54) is 6.20 Å². The molecule has 4 rings (SSSR count). The van der Waals surface area contributed by atoms with E-state index in [2.05, 4.69) is 15.6 Å². The maximum absolute atomic E-state index is 13.0. The number of hydrogen-bond acceptors (Lipinski definition) is 8. The summed E-state index contributed by atoms with van der Waals surface area (Å²) in [7, 11) is 3.52. The van der Waals surface area contributed by atoms with E-state index in [1.54, 1.807) is 24.3 Å². The van der Waals surface area contributed by atoms with Crippen molar-refractivity contribution in [2.45, 2.75) is 38.0 Å². The quantitative estimate of drug-likeness (QED) is 0.587. The third-order valence-electron chi connectivity index (χ3n) is 6.77. The van der Waals surface area contributed by atoms with Crippen molar-refractivity contribution in [3.63, 3.8) is 0 Å². The van der Waals surface area contributed by atoms with Crippen molar-refractivity contribution >= 4 is 17.7 Å². The number of likely N-dealkylation sites (N-methyl/N-ethyl adjacent to an activating group) is 1. The Bertz CT molecular complexity index is 1140. The molecule has 2 N–H and O–H groups in total. The van der Waals surface area contributed by atoms with Crippen LogP contribution in [0, 0.1) is 0 Å². The Hall–Kier alpha value is -3.54. The molecule has 2 aliphatic heterocycles. The van der Waals surface area contributed by atoms with E-state index in [9.17, 15) is 14.4 Å². The van der Waals surface area contributed by atoms with Gasteiger partial charge in [-0.05, 0) is 43.7 Å². The molecule has 0 radical (unpaired) electrons. The summed E-state index contributed by atoms with van der Waals surface area (Å²) in [6, 6.07) is 8.80. The average Bonchev–Trinajstić information content (AvgIpc) is 2.93. The smallest absolute Gasteiger partial charge is 0.252 e. The van der Waals surface area contributed by atoms with Crippen LogP contribution in [0.2, 0.25) is 0 Å². The minimum Gasteiger partial charge on any atom is -0.456 e. The zero-order chi connectivity index (χ0) is 27.6. The number of methoxy groups -OCH3 is 1. The van der Waals surface area contributed by atoms with Gasteiger partial charge in [0.1, 0.15) is 11.5 Å². The number of ether oxygens (including phenoxy) is 3. The van der Waals surface area contributed by atoms with E-state index in [-0.39, 0.29) is 42.8 Å². The molecule has 2 aromatic rings. The first-order valence-corrected chi connectivity index (χ1v) is 13.3. The Morgan fingerprint density at radius 3 is 2.95 bits per heavy atom. The molecule has 0 aliphatic carbocycles. The number of rotatable bonds is 5. The Balaban J connectivity index is 1.47. The van der Waals surface area contributed by atoms with Crippen molar-refractivity contribution in [2.75, 3.05) is 53.5 Å². The number of benzene rings is 1. The van der Waals surface area contributed by atoms with Crippen LogP contribution in [-0.2, 0) is 25.7 Å². The highest BCUT2D eigenvalue weighted by Crippen LogP contribution is 2.24. The summed E-state index contributed by atoms with van der Waals surface area (Å²) < 4.78 is 17.4. The van der Waals surface area contributed by atoms with Gasteiger partial charge < -0.3 is 29.7 Å². The van der Waals surface area contributed by atoms with Crippen molar-refractivity contribution in [1.29, 1.82) is 0 Å². The van der Waals surface area contributed by atoms with Gasteiger partial charge in [0, 0.05) is 45.9 Å². The second kappa shape index (κ2) is 14.0. The van der Waals surface area contributed by atoms with Crippen molar-refractivity contribution in [2.24, 2.45) is 0 Å². The van der Waals surface area contributed by atoms with Crippen LogP contribution >= 0.6 is 0 Å². The SMILES string of the molecule is COCCN(C)CC(=O)N1CC[C@@H]2OCc3cccc(c3)Oc3cncc(c3)C(=O)NCCCC(=O)N[C@H]2C1. The molecule has 2 atom stereocenters. The summed E-state index contributed by atoms with van der Waals surface area (Å²) in [6.45, 7) is 3.06. The van der Waals surface area contributed by atoms with Gasteiger partial charge >= 0.3 is 0 Å². The van der Waals surface area contributed by atoms with Gasteiger partial charge in [-0.25, -0.2) is 0 Å². The van der Waals surface area contributed by atoms with Crippen LogP contribution in [0.1, 0.15) is 35.2 Å². The molecule has 0 unspecified atom stereocenters. The topological polar surface area (TPSA) is 122 Å². The number of piperidine rings is 1. The number of fused-ring (bicyclic) bond motifs is 5. The molecule has 11 nitrogen and oxygen atoms in total. The van der Waals surface area contributed by atoms with E-state index in [0.29, 0.717) is 69.3 Å². The molecule has 1 saturated heterocycles. The second-order valence-corrected chi connectivity index (χ2v) is 9.90. The molecule has 39 heavy (non-hydrogen) atoms. The van der Waals surface area contributed by atoms with Crippen molar-refractivity contribution in [1.82, 2.24) is 25.4 Å². The Morgan fingerprint density at radius 2 is 2.10 bits per heavy atom. The van der Waals surface area contributed by atoms with Gasteiger partial charge in [0.15, 0.2) is 0 Å². The first-order valence-electron chi connectivity index (χ1n) is 13.3. The van der Waals surface area contributed by atoms with E-state index < -0.39 is 0 Å². The molecule has 11 heteroatoms. The molecule has 1 aromatic carbocycles. The zero-order valence-electron chi connectivity index (χ0n) is 22.6. The minimum absolute atomic E-state index is 0.00557. The number of nitrogens with zero attached hydrogens (tertiary/aromatic N) is 3. The fourth-order valence-corrected chi connectivity index (χ4v) is 4.62. The number of nitrogens with one attached hydrogen (secondary N) is 2. The lowest BCUT2D eigenvalue weighted by molar-refractivity contribution is -0.138. The summed E-state index contributed by atoms with van der Waals surface area (Å²) >= 11 is 0. The van der Waals surface area contributed by atoms with Crippen molar-refractivity contribution in [3.8, 4) is 11.5 Å². The first kappa shape index (κ1) is 28.5. The van der Waals surface area contributed by atoms with E-state index in [0.717, 1.165) is 5.56 Å².